The number of allylic oxidation sites excluding steroid dienone is 1. The van der Waals surface area contributed by atoms with Crippen molar-refractivity contribution in [3.8, 4) is 0 Å². The highest BCUT2D eigenvalue weighted by atomic mass is 15.4. The normalized spacial score (nSPS) is 10.5. The minimum atomic E-state index is 0.870. The Morgan fingerprint density at radius 3 is 2.27 bits per heavy atom. The van der Waals surface area contributed by atoms with Gasteiger partial charge in [0.25, 0.3) is 0 Å². The molecule has 3 heteroatoms. The van der Waals surface area contributed by atoms with Crippen molar-refractivity contribution in [1.29, 1.82) is 0 Å². The molecule has 0 saturated carbocycles. The average molecular weight is 213 g/mol. The second-order valence-electron chi connectivity index (χ2n) is 3.40. The third-order valence-corrected chi connectivity index (χ3v) is 1.88. The van der Waals surface area contributed by atoms with Gasteiger partial charge in [0.1, 0.15) is 0 Å². The maximum Gasteiger partial charge on any atom is 0.0342 e. The first-order valence-corrected chi connectivity index (χ1v) is 5.68. The van der Waals surface area contributed by atoms with Crippen LogP contribution in [0.3, 0.4) is 0 Å². The standard InChI is InChI=1S/C10H23N3.C2H4/c1-3-5-6-7-10(11)9-13(12)8-4-2;1-2/h9H,3-8,11-12H2,1-2H3;1-2H2/b10-9-;. The molecule has 90 valence electrons. The van der Waals surface area contributed by atoms with E-state index in [1.807, 2.05) is 6.20 Å². The smallest absolute Gasteiger partial charge is 0.0342 e. The summed E-state index contributed by atoms with van der Waals surface area (Å²) in [6, 6.07) is 0. The third kappa shape index (κ3) is 13.0. The number of rotatable bonds is 7. The summed E-state index contributed by atoms with van der Waals surface area (Å²) in [7, 11) is 0. The number of nitrogens with two attached hydrogens (primary N) is 2. The van der Waals surface area contributed by atoms with E-state index in [2.05, 4.69) is 27.0 Å². The topological polar surface area (TPSA) is 55.3 Å². The van der Waals surface area contributed by atoms with Gasteiger partial charge in [0.2, 0.25) is 0 Å². The first kappa shape index (κ1) is 16.5. The quantitative estimate of drug-likeness (QED) is 0.296. The summed E-state index contributed by atoms with van der Waals surface area (Å²) in [6.45, 7) is 11.2. The molecule has 0 fully saturated rings. The molecule has 0 saturated heterocycles. The summed E-state index contributed by atoms with van der Waals surface area (Å²) in [5.41, 5.74) is 6.68. The number of hydrazine groups is 1. The minimum Gasteiger partial charge on any atom is -0.401 e. The fourth-order valence-electron chi connectivity index (χ4n) is 1.18. The lowest BCUT2D eigenvalue weighted by Crippen LogP contribution is -2.27. The van der Waals surface area contributed by atoms with Gasteiger partial charge in [0.15, 0.2) is 0 Å². The molecule has 4 N–H and O–H groups in total. The molecule has 0 heterocycles. The van der Waals surface area contributed by atoms with E-state index in [0.29, 0.717) is 0 Å². The molecule has 15 heavy (non-hydrogen) atoms. The van der Waals surface area contributed by atoms with E-state index in [4.69, 9.17) is 11.6 Å². The van der Waals surface area contributed by atoms with Crippen molar-refractivity contribution in [2.24, 2.45) is 11.6 Å². The van der Waals surface area contributed by atoms with Crippen molar-refractivity contribution in [3.05, 3.63) is 25.1 Å². The van der Waals surface area contributed by atoms with Gasteiger partial charge in [-0.3, -0.25) is 0 Å². The average Bonchev–Trinajstić information content (AvgIpc) is 2.21. The Kier molecular flexibility index (Phi) is 14.3. The van der Waals surface area contributed by atoms with Gasteiger partial charge < -0.3 is 10.7 Å². The van der Waals surface area contributed by atoms with E-state index in [-0.39, 0.29) is 0 Å². The predicted octanol–water partition coefficient (Wildman–Crippen LogP) is 2.75. The summed E-state index contributed by atoms with van der Waals surface area (Å²) in [6.07, 6.45) is 7.50. The number of hydrogen-bond acceptors (Lipinski definition) is 3. The van der Waals surface area contributed by atoms with Crippen LogP contribution in [0.4, 0.5) is 0 Å². The van der Waals surface area contributed by atoms with Crippen LogP contribution in [0.5, 0.6) is 0 Å². The summed E-state index contributed by atoms with van der Waals surface area (Å²) in [4.78, 5) is 0. The predicted molar refractivity (Wildman–Crippen MR) is 68.9 cm³/mol. The second kappa shape index (κ2) is 13.0. The molecule has 0 aromatic heterocycles. The van der Waals surface area contributed by atoms with Gasteiger partial charge in [-0.05, 0) is 19.3 Å². The summed E-state index contributed by atoms with van der Waals surface area (Å²) < 4.78 is 0. The van der Waals surface area contributed by atoms with Crippen LogP contribution in [0.2, 0.25) is 0 Å². The van der Waals surface area contributed by atoms with E-state index in [9.17, 15) is 0 Å². The first-order valence-electron chi connectivity index (χ1n) is 5.68. The minimum absolute atomic E-state index is 0.870. The van der Waals surface area contributed by atoms with Crippen LogP contribution in [0.15, 0.2) is 25.1 Å². The lowest BCUT2D eigenvalue weighted by molar-refractivity contribution is 0.388. The Balaban J connectivity index is 0. The van der Waals surface area contributed by atoms with Gasteiger partial charge in [0, 0.05) is 18.4 Å². The van der Waals surface area contributed by atoms with Crippen molar-refractivity contribution in [2.75, 3.05) is 6.54 Å². The molecule has 0 unspecified atom stereocenters. The molecule has 0 aliphatic rings. The molecule has 0 bridgehead atoms. The number of unbranched alkanes of at least 4 members (excludes halogenated alkanes) is 2. The van der Waals surface area contributed by atoms with Gasteiger partial charge in [-0.2, -0.15) is 0 Å². The lowest BCUT2D eigenvalue weighted by Gasteiger charge is -2.13. The number of nitrogens with zero attached hydrogens (tertiary/aromatic N) is 1. The zero-order valence-corrected chi connectivity index (χ0v) is 10.3. The van der Waals surface area contributed by atoms with Gasteiger partial charge in [0.05, 0.1) is 0 Å². The highest BCUT2D eigenvalue weighted by Crippen LogP contribution is 2.04. The lowest BCUT2D eigenvalue weighted by atomic mass is 10.2. The highest BCUT2D eigenvalue weighted by Gasteiger charge is 1.94. The van der Waals surface area contributed by atoms with Crippen LogP contribution in [0, 0.1) is 0 Å². The van der Waals surface area contributed by atoms with Crippen LogP contribution in [-0.2, 0) is 0 Å². The highest BCUT2D eigenvalue weighted by molar-refractivity contribution is 4.94. The van der Waals surface area contributed by atoms with Crippen molar-refractivity contribution >= 4 is 0 Å². The molecule has 0 aliphatic carbocycles. The molecule has 0 aromatic carbocycles. The summed E-state index contributed by atoms with van der Waals surface area (Å²) in [5.74, 6) is 5.67. The molecule has 0 amide bonds. The SMILES string of the molecule is C=C.CCCCC/C(N)=C/N(N)CCC. The molecule has 0 atom stereocenters. The van der Waals surface area contributed by atoms with E-state index in [0.717, 1.165) is 25.1 Å². The van der Waals surface area contributed by atoms with Gasteiger partial charge >= 0.3 is 0 Å². The Hall–Kier alpha value is -0.960. The van der Waals surface area contributed by atoms with E-state index >= 15 is 0 Å². The maximum absolute atomic E-state index is 5.79. The van der Waals surface area contributed by atoms with Crippen molar-refractivity contribution < 1.29 is 0 Å². The largest absolute Gasteiger partial charge is 0.401 e. The third-order valence-electron chi connectivity index (χ3n) is 1.88. The molecule has 0 radical (unpaired) electrons. The Bertz CT molecular complexity index is 155. The Labute approximate surface area is 94.8 Å². The van der Waals surface area contributed by atoms with Gasteiger partial charge in [-0.1, -0.05) is 26.7 Å². The summed E-state index contributed by atoms with van der Waals surface area (Å²) in [5, 5.41) is 1.67. The van der Waals surface area contributed by atoms with Gasteiger partial charge in [-0.25, -0.2) is 5.84 Å². The van der Waals surface area contributed by atoms with Gasteiger partial charge in [-0.15, -0.1) is 13.2 Å². The second-order valence-corrected chi connectivity index (χ2v) is 3.40. The molecule has 0 aromatic rings. The summed E-state index contributed by atoms with van der Waals surface area (Å²) >= 11 is 0. The van der Waals surface area contributed by atoms with Crippen LogP contribution in [-0.4, -0.2) is 11.6 Å². The van der Waals surface area contributed by atoms with Crippen molar-refractivity contribution in [1.82, 2.24) is 5.01 Å². The molecular formula is C12H27N3. The maximum atomic E-state index is 5.79. The van der Waals surface area contributed by atoms with Crippen LogP contribution >= 0.6 is 0 Å². The first-order chi connectivity index (χ1) is 7.20. The zero-order valence-electron chi connectivity index (χ0n) is 10.3. The monoisotopic (exact) mass is 213 g/mol. The van der Waals surface area contributed by atoms with Crippen LogP contribution < -0.4 is 11.6 Å². The molecule has 3 nitrogen and oxygen atoms in total. The van der Waals surface area contributed by atoms with Crippen molar-refractivity contribution in [3.63, 3.8) is 0 Å². The zero-order chi connectivity index (χ0) is 12.1. The van der Waals surface area contributed by atoms with Crippen molar-refractivity contribution in [2.45, 2.75) is 46.0 Å². The van der Waals surface area contributed by atoms with E-state index in [1.54, 1.807) is 5.01 Å². The number of hydrogen-bond donors (Lipinski definition) is 2. The molecular weight excluding hydrogens is 186 g/mol. The van der Waals surface area contributed by atoms with Crippen LogP contribution in [0.1, 0.15) is 46.0 Å². The van der Waals surface area contributed by atoms with Crippen LogP contribution in [0.25, 0.3) is 0 Å². The molecule has 0 aliphatic heterocycles. The van der Waals surface area contributed by atoms with E-state index < -0.39 is 0 Å². The Morgan fingerprint density at radius 1 is 1.20 bits per heavy atom. The molecule has 0 spiro atoms. The molecule has 0 rings (SSSR count). The van der Waals surface area contributed by atoms with E-state index in [1.165, 1.54) is 19.3 Å². The fourth-order valence-corrected chi connectivity index (χ4v) is 1.18. The fraction of sp³-hybridized carbons (Fsp3) is 0.667. The Morgan fingerprint density at radius 2 is 1.80 bits per heavy atom.